The van der Waals surface area contributed by atoms with Crippen LogP contribution >= 0.6 is 0 Å². The molecule has 0 heterocycles. The van der Waals surface area contributed by atoms with E-state index in [-0.39, 0.29) is 0 Å². The molecule has 2 rings (SSSR count). The van der Waals surface area contributed by atoms with Crippen molar-refractivity contribution in [3.8, 4) is 0 Å². The minimum atomic E-state index is -4.41. The largest absolute Gasteiger partial charge is 0.760 e. The van der Waals surface area contributed by atoms with Crippen LogP contribution in [0.1, 0.15) is 22.7 Å². The molecule has 0 aromatic heterocycles. The van der Waals surface area contributed by atoms with Crippen molar-refractivity contribution in [2.75, 3.05) is 0 Å². The van der Waals surface area contributed by atoms with Crippen molar-refractivity contribution in [2.24, 2.45) is 0 Å². The molecule has 0 saturated heterocycles. The Balaban J connectivity index is 2.23. The molecule has 22 heavy (non-hydrogen) atoms. The van der Waals surface area contributed by atoms with Crippen molar-refractivity contribution >= 4 is 11.3 Å². The Kier molecular flexibility index (Phi) is 5.33. The van der Waals surface area contributed by atoms with Gasteiger partial charge in [-0.05, 0) is 29.7 Å². The van der Waals surface area contributed by atoms with E-state index in [1.807, 2.05) is 30.3 Å². The fourth-order valence-electron chi connectivity index (χ4n) is 2.10. The molecule has 0 fully saturated rings. The summed E-state index contributed by atoms with van der Waals surface area (Å²) in [6, 6.07) is 13.0. The highest BCUT2D eigenvalue weighted by Crippen LogP contribution is 2.30. The normalized spacial score (nSPS) is 14.5. The summed E-state index contributed by atoms with van der Waals surface area (Å²) < 4.78 is 61.8. The molecule has 2 aromatic rings. The highest BCUT2D eigenvalue weighted by atomic mass is 32.2. The molecule has 118 valence electrons. The van der Waals surface area contributed by atoms with Gasteiger partial charge in [-0.2, -0.15) is 13.2 Å². The van der Waals surface area contributed by atoms with E-state index in [0.717, 1.165) is 17.7 Å². The highest BCUT2D eigenvalue weighted by molar-refractivity contribution is 7.77. The number of benzene rings is 2. The molecule has 0 saturated carbocycles. The molecule has 0 aliphatic rings. The van der Waals surface area contributed by atoms with E-state index in [1.165, 1.54) is 12.1 Å². The molecular formula is C15H13F3NO2S-. The van der Waals surface area contributed by atoms with Crippen molar-refractivity contribution in [3.63, 3.8) is 0 Å². The lowest BCUT2D eigenvalue weighted by molar-refractivity contribution is -0.137. The first kappa shape index (κ1) is 16.7. The molecule has 2 atom stereocenters. The lowest BCUT2D eigenvalue weighted by Gasteiger charge is -2.21. The van der Waals surface area contributed by atoms with Gasteiger partial charge in [-0.3, -0.25) is 4.21 Å². The number of hydrogen-bond donors (Lipinski definition) is 1. The van der Waals surface area contributed by atoms with Crippen LogP contribution in [0.25, 0.3) is 0 Å². The fraction of sp³-hybridized carbons (Fsp3) is 0.200. The summed E-state index contributed by atoms with van der Waals surface area (Å²) in [7, 11) is 0. The molecule has 0 amide bonds. The molecule has 0 aliphatic carbocycles. The second kappa shape index (κ2) is 7.04. The first-order chi connectivity index (χ1) is 10.4. The van der Waals surface area contributed by atoms with Gasteiger partial charge in [-0.25, -0.2) is 4.72 Å². The van der Waals surface area contributed by atoms with Crippen LogP contribution in [0, 0.1) is 0 Å². The molecule has 3 nitrogen and oxygen atoms in total. The van der Waals surface area contributed by atoms with E-state index < -0.39 is 29.0 Å². The summed E-state index contributed by atoms with van der Waals surface area (Å²) in [4.78, 5) is 0. The van der Waals surface area contributed by atoms with Crippen LogP contribution < -0.4 is 4.72 Å². The average Bonchev–Trinajstić information content (AvgIpc) is 2.46. The molecule has 0 aliphatic heterocycles. The van der Waals surface area contributed by atoms with Crippen LogP contribution in [0.3, 0.4) is 0 Å². The van der Waals surface area contributed by atoms with E-state index in [9.17, 15) is 21.9 Å². The van der Waals surface area contributed by atoms with Crippen molar-refractivity contribution in [1.82, 2.24) is 4.72 Å². The monoisotopic (exact) mass is 328 g/mol. The number of hydrogen-bond acceptors (Lipinski definition) is 2. The Morgan fingerprint density at radius 2 is 1.64 bits per heavy atom. The zero-order valence-electron chi connectivity index (χ0n) is 11.3. The molecule has 0 spiro atoms. The van der Waals surface area contributed by atoms with E-state index in [0.29, 0.717) is 12.0 Å². The van der Waals surface area contributed by atoms with E-state index in [4.69, 9.17) is 0 Å². The van der Waals surface area contributed by atoms with Crippen LogP contribution in [-0.4, -0.2) is 8.76 Å². The Hall–Kier alpha value is -1.70. The highest BCUT2D eigenvalue weighted by Gasteiger charge is 2.30. The van der Waals surface area contributed by atoms with E-state index in [2.05, 4.69) is 4.72 Å². The second-order valence-corrected chi connectivity index (χ2v) is 5.42. The van der Waals surface area contributed by atoms with Gasteiger partial charge >= 0.3 is 6.18 Å². The van der Waals surface area contributed by atoms with Crippen LogP contribution in [0.15, 0.2) is 54.6 Å². The third-order valence-electron chi connectivity index (χ3n) is 3.16. The maximum atomic E-state index is 12.6. The molecule has 7 heteroatoms. The predicted octanol–water partition coefficient (Wildman–Crippen LogP) is 3.37. The summed E-state index contributed by atoms with van der Waals surface area (Å²) in [6.45, 7) is 0. The van der Waals surface area contributed by atoms with Crippen molar-refractivity contribution < 1.29 is 21.9 Å². The first-order valence-corrected chi connectivity index (χ1v) is 7.50. The van der Waals surface area contributed by atoms with E-state index >= 15 is 0 Å². The van der Waals surface area contributed by atoms with Gasteiger partial charge in [0, 0.05) is 17.3 Å². The van der Waals surface area contributed by atoms with Gasteiger partial charge in [-0.1, -0.05) is 42.5 Å². The average molecular weight is 328 g/mol. The molecule has 2 aromatic carbocycles. The summed E-state index contributed by atoms with van der Waals surface area (Å²) >= 11 is -2.51. The van der Waals surface area contributed by atoms with Gasteiger partial charge in [0.05, 0.1) is 5.56 Å². The Morgan fingerprint density at radius 3 is 2.14 bits per heavy atom. The lowest BCUT2D eigenvalue weighted by atomic mass is 9.99. The molecular weight excluding hydrogens is 315 g/mol. The third kappa shape index (κ3) is 4.66. The van der Waals surface area contributed by atoms with Crippen LogP contribution in [0.2, 0.25) is 0 Å². The molecule has 0 radical (unpaired) electrons. The van der Waals surface area contributed by atoms with Crippen molar-refractivity contribution in [1.29, 1.82) is 0 Å². The Morgan fingerprint density at radius 1 is 1.05 bits per heavy atom. The van der Waals surface area contributed by atoms with Gasteiger partial charge in [-0.15, -0.1) is 0 Å². The smallest absolute Gasteiger partial charge is 0.416 e. The summed E-state index contributed by atoms with van der Waals surface area (Å²) in [5.41, 5.74) is 0.587. The topological polar surface area (TPSA) is 52.2 Å². The minimum absolute atomic E-state index is 0.347. The van der Waals surface area contributed by atoms with Crippen molar-refractivity contribution in [2.45, 2.75) is 18.6 Å². The zero-order valence-corrected chi connectivity index (χ0v) is 12.2. The first-order valence-electron chi connectivity index (χ1n) is 6.43. The summed E-state index contributed by atoms with van der Waals surface area (Å²) in [6.07, 6.45) is -4.07. The van der Waals surface area contributed by atoms with Crippen LogP contribution in [-0.2, 0) is 23.9 Å². The van der Waals surface area contributed by atoms with Gasteiger partial charge < -0.3 is 4.55 Å². The minimum Gasteiger partial charge on any atom is -0.760 e. The Bertz CT molecular complexity index is 629. The number of halogens is 3. The van der Waals surface area contributed by atoms with Gasteiger partial charge in [0.25, 0.3) is 0 Å². The maximum absolute atomic E-state index is 12.6. The summed E-state index contributed by atoms with van der Waals surface area (Å²) in [5, 5.41) is 0. The van der Waals surface area contributed by atoms with Gasteiger partial charge in [0.1, 0.15) is 0 Å². The second-order valence-electron chi connectivity index (χ2n) is 4.71. The van der Waals surface area contributed by atoms with Crippen molar-refractivity contribution in [3.05, 3.63) is 71.3 Å². The lowest BCUT2D eigenvalue weighted by Crippen LogP contribution is -2.25. The molecule has 0 bridgehead atoms. The van der Waals surface area contributed by atoms with E-state index in [1.54, 1.807) is 0 Å². The molecule has 2 unspecified atom stereocenters. The van der Waals surface area contributed by atoms with Gasteiger partial charge in [0.2, 0.25) is 0 Å². The Labute approximate surface area is 128 Å². The summed E-state index contributed by atoms with van der Waals surface area (Å²) in [5.74, 6) is 0. The molecule has 1 N–H and O–H groups in total. The maximum Gasteiger partial charge on any atom is 0.416 e. The number of rotatable bonds is 5. The number of alkyl halides is 3. The standard InChI is InChI=1S/C15H14F3NO2S/c16-15(17,18)13-8-6-12(7-9-13)14(19-22(20)21)10-11-4-2-1-3-5-11/h1-9,14,19H,10H2,(H,20,21)/p-1. The predicted molar refractivity (Wildman–Crippen MR) is 76.4 cm³/mol. The van der Waals surface area contributed by atoms with Gasteiger partial charge in [0.15, 0.2) is 0 Å². The SMILES string of the molecule is O=S([O-])NC(Cc1ccccc1)c1ccc(C(F)(F)F)cc1. The van der Waals surface area contributed by atoms with Crippen LogP contribution in [0.4, 0.5) is 13.2 Å². The quantitative estimate of drug-likeness (QED) is 0.856. The zero-order chi connectivity index (χ0) is 16.2. The third-order valence-corrected chi connectivity index (χ3v) is 3.64. The number of nitrogens with one attached hydrogen (secondary N) is 1. The van der Waals surface area contributed by atoms with Crippen LogP contribution in [0.5, 0.6) is 0 Å². The fourth-order valence-corrected chi connectivity index (χ4v) is 2.55.